The molecule has 0 bridgehead atoms. The molecule has 0 heterocycles. The third kappa shape index (κ3) is 7.83. The van der Waals surface area contributed by atoms with Crippen molar-refractivity contribution >= 4 is 33.2 Å². The summed E-state index contributed by atoms with van der Waals surface area (Å²) < 4.78 is 36.1. The van der Waals surface area contributed by atoms with Gasteiger partial charge in [-0.25, -0.2) is 8.42 Å². The summed E-state index contributed by atoms with van der Waals surface area (Å²) in [5.74, 6) is 1.18. The molecule has 0 aliphatic heterocycles. The van der Waals surface area contributed by atoms with Crippen LogP contribution in [-0.2, 0) is 14.8 Å². The molecule has 158 valence electrons. The number of nitrogens with one attached hydrogen (secondary N) is 1. The van der Waals surface area contributed by atoms with Crippen LogP contribution in [0.3, 0.4) is 0 Å². The van der Waals surface area contributed by atoms with E-state index in [2.05, 4.69) is 5.32 Å². The SMILES string of the molecule is COc1cccc(OCCNC(=O)CCCN(c2cccc(Cl)c2)S(C)(=O)=O)c1. The van der Waals surface area contributed by atoms with Gasteiger partial charge in [-0.2, -0.15) is 0 Å². The van der Waals surface area contributed by atoms with E-state index < -0.39 is 10.0 Å². The molecule has 0 fully saturated rings. The van der Waals surface area contributed by atoms with Crippen molar-refractivity contribution < 1.29 is 22.7 Å². The zero-order valence-corrected chi connectivity index (χ0v) is 18.0. The van der Waals surface area contributed by atoms with Crippen LogP contribution >= 0.6 is 11.6 Å². The van der Waals surface area contributed by atoms with Gasteiger partial charge in [0.15, 0.2) is 0 Å². The van der Waals surface area contributed by atoms with Gasteiger partial charge >= 0.3 is 0 Å². The van der Waals surface area contributed by atoms with Gasteiger partial charge in [-0.3, -0.25) is 9.10 Å². The Bertz CT molecular complexity index is 921. The van der Waals surface area contributed by atoms with Crippen molar-refractivity contribution in [1.29, 1.82) is 0 Å². The summed E-state index contributed by atoms with van der Waals surface area (Å²) in [5, 5.41) is 3.21. The highest BCUT2D eigenvalue weighted by atomic mass is 35.5. The number of amides is 1. The van der Waals surface area contributed by atoms with Gasteiger partial charge in [0.1, 0.15) is 18.1 Å². The number of sulfonamides is 1. The van der Waals surface area contributed by atoms with Gasteiger partial charge in [0.25, 0.3) is 0 Å². The summed E-state index contributed by atoms with van der Waals surface area (Å²) in [5.41, 5.74) is 0.479. The Kier molecular flexibility index (Phi) is 8.60. The lowest BCUT2D eigenvalue weighted by molar-refractivity contribution is -0.121. The molecule has 2 aromatic carbocycles. The summed E-state index contributed by atoms with van der Waals surface area (Å²) in [6, 6.07) is 13.8. The van der Waals surface area contributed by atoms with Crippen molar-refractivity contribution in [3.8, 4) is 11.5 Å². The summed E-state index contributed by atoms with van der Waals surface area (Å²) in [6.45, 7) is 0.851. The first kappa shape index (κ1) is 22.8. The van der Waals surface area contributed by atoms with Crippen molar-refractivity contribution in [2.45, 2.75) is 12.8 Å². The quantitative estimate of drug-likeness (QED) is 0.543. The molecule has 0 saturated heterocycles. The third-order valence-corrected chi connectivity index (χ3v) is 5.42. The largest absolute Gasteiger partial charge is 0.497 e. The molecule has 0 aliphatic rings. The topological polar surface area (TPSA) is 84.9 Å². The molecule has 1 amide bonds. The fourth-order valence-corrected chi connectivity index (χ4v) is 3.78. The number of carbonyl (C=O) groups excluding carboxylic acids is 1. The number of anilines is 1. The molecule has 0 atom stereocenters. The van der Waals surface area contributed by atoms with Crippen LogP contribution in [0.25, 0.3) is 0 Å². The number of hydrogen-bond acceptors (Lipinski definition) is 5. The second-order valence-corrected chi connectivity index (χ2v) is 8.64. The first-order valence-electron chi connectivity index (χ1n) is 9.06. The Morgan fingerprint density at radius 3 is 2.55 bits per heavy atom. The molecule has 0 spiro atoms. The molecule has 0 aliphatic carbocycles. The first-order chi connectivity index (χ1) is 13.8. The fourth-order valence-electron chi connectivity index (χ4n) is 2.64. The van der Waals surface area contributed by atoms with E-state index >= 15 is 0 Å². The Morgan fingerprint density at radius 2 is 1.86 bits per heavy atom. The molecule has 0 saturated carbocycles. The van der Waals surface area contributed by atoms with Gasteiger partial charge in [0, 0.05) is 24.1 Å². The predicted octanol–water partition coefficient (Wildman–Crippen LogP) is 3.09. The summed E-state index contributed by atoms with van der Waals surface area (Å²) in [6.07, 6.45) is 1.71. The van der Waals surface area contributed by atoms with E-state index in [1.807, 2.05) is 12.1 Å². The molecule has 0 aromatic heterocycles. The highest BCUT2D eigenvalue weighted by molar-refractivity contribution is 7.92. The maximum atomic E-state index is 12.1. The normalized spacial score (nSPS) is 11.0. The minimum atomic E-state index is -3.48. The monoisotopic (exact) mass is 440 g/mol. The second-order valence-electron chi connectivity index (χ2n) is 6.30. The summed E-state index contributed by atoms with van der Waals surface area (Å²) >= 11 is 5.95. The van der Waals surface area contributed by atoms with E-state index in [4.69, 9.17) is 21.1 Å². The third-order valence-electron chi connectivity index (χ3n) is 4.00. The average Bonchev–Trinajstić information content (AvgIpc) is 2.68. The van der Waals surface area contributed by atoms with Crippen LogP contribution in [0.4, 0.5) is 5.69 Å². The van der Waals surface area contributed by atoms with E-state index in [0.717, 1.165) is 6.26 Å². The second kappa shape index (κ2) is 10.9. The number of methoxy groups -OCH3 is 1. The molecule has 2 rings (SSSR count). The van der Waals surface area contributed by atoms with Gasteiger partial charge in [-0.15, -0.1) is 0 Å². The van der Waals surface area contributed by atoms with Crippen LogP contribution in [-0.4, -0.2) is 47.4 Å². The van der Waals surface area contributed by atoms with Crippen molar-refractivity contribution in [3.05, 3.63) is 53.6 Å². The highest BCUT2D eigenvalue weighted by Crippen LogP contribution is 2.22. The molecule has 7 nitrogen and oxygen atoms in total. The van der Waals surface area contributed by atoms with Crippen molar-refractivity contribution in [1.82, 2.24) is 5.32 Å². The number of rotatable bonds is 11. The van der Waals surface area contributed by atoms with E-state index in [1.165, 1.54) is 4.31 Å². The van der Waals surface area contributed by atoms with E-state index in [1.54, 1.807) is 43.5 Å². The van der Waals surface area contributed by atoms with Crippen LogP contribution in [0.5, 0.6) is 11.5 Å². The van der Waals surface area contributed by atoms with Gasteiger partial charge in [0.05, 0.1) is 25.6 Å². The Morgan fingerprint density at radius 1 is 1.14 bits per heavy atom. The number of carbonyl (C=O) groups is 1. The van der Waals surface area contributed by atoms with Crippen LogP contribution < -0.4 is 19.1 Å². The van der Waals surface area contributed by atoms with Crippen LogP contribution in [0, 0.1) is 0 Å². The zero-order chi connectivity index (χ0) is 21.3. The molecule has 0 unspecified atom stereocenters. The number of benzene rings is 2. The van der Waals surface area contributed by atoms with Crippen LogP contribution in [0.15, 0.2) is 48.5 Å². The molecule has 29 heavy (non-hydrogen) atoms. The Hall–Kier alpha value is -2.45. The minimum Gasteiger partial charge on any atom is -0.497 e. The lowest BCUT2D eigenvalue weighted by Gasteiger charge is -2.22. The summed E-state index contributed by atoms with van der Waals surface area (Å²) in [4.78, 5) is 12.0. The smallest absolute Gasteiger partial charge is 0.232 e. The fraction of sp³-hybridized carbons (Fsp3) is 0.350. The molecule has 2 aromatic rings. The standard InChI is InChI=1S/C20H25ClN2O5S/c1-27-18-8-4-9-19(15-18)28-13-11-22-20(24)10-5-12-23(29(2,25)26)17-7-3-6-16(21)14-17/h3-4,6-9,14-15H,5,10-13H2,1-2H3,(H,22,24). The lowest BCUT2D eigenvalue weighted by atomic mass is 10.2. The number of ether oxygens (including phenoxy) is 2. The van der Waals surface area contributed by atoms with Crippen molar-refractivity contribution in [2.75, 3.05) is 37.4 Å². The molecule has 9 heteroatoms. The number of halogens is 1. The van der Waals surface area contributed by atoms with Crippen LogP contribution in [0.1, 0.15) is 12.8 Å². The minimum absolute atomic E-state index is 0.168. The van der Waals surface area contributed by atoms with E-state index in [-0.39, 0.29) is 18.9 Å². The molecular formula is C20H25ClN2O5S. The maximum Gasteiger partial charge on any atom is 0.232 e. The lowest BCUT2D eigenvalue weighted by Crippen LogP contribution is -2.32. The predicted molar refractivity (Wildman–Crippen MR) is 114 cm³/mol. The van der Waals surface area contributed by atoms with Gasteiger partial charge in [0.2, 0.25) is 15.9 Å². The number of hydrogen-bond donors (Lipinski definition) is 1. The molecular weight excluding hydrogens is 416 g/mol. The zero-order valence-electron chi connectivity index (χ0n) is 16.4. The average molecular weight is 441 g/mol. The Balaban J connectivity index is 1.74. The van der Waals surface area contributed by atoms with Gasteiger partial charge in [-0.1, -0.05) is 23.7 Å². The van der Waals surface area contributed by atoms with E-state index in [9.17, 15) is 13.2 Å². The maximum absolute atomic E-state index is 12.1. The van der Waals surface area contributed by atoms with Crippen LogP contribution in [0.2, 0.25) is 5.02 Å². The van der Waals surface area contributed by atoms with Gasteiger partial charge < -0.3 is 14.8 Å². The first-order valence-corrected chi connectivity index (χ1v) is 11.3. The summed E-state index contributed by atoms with van der Waals surface area (Å²) in [7, 11) is -1.90. The number of nitrogens with zero attached hydrogens (tertiary/aromatic N) is 1. The molecule has 0 radical (unpaired) electrons. The Labute approximate surface area is 176 Å². The van der Waals surface area contributed by atoms with E-state index in [0.29, 0.717) is 41.8 Å². The van der Waals surface area contributed by atoms with Crippen molar-refractivity contribution in [3.63, 3.8) is 0 Å². The highest BCUT2D eigenvalue weighted by Gasteiger charge is 2.17. The molecule has 1 N–H and O–H groups in total. The van der Waals surface area contributed by atoms with Crippen molar-refractivity contribution in [2.24, 2.45) is 0 Å². The van der Waals surface area contributed by atoms with Gasteiger partial charge in [-0.05, 0) is 36.8 Å².